The Labute approximate surface area is 250 Å². The molecule has 1 rings (SSSR count). The van der Waals surface area contributed by atoms with Gasteiger partial charge in [0.15, 0.2) is 0 Å². The van der Waals surface area contributed by atoms with Crippen LogP contribution in [0.25, 0.3) is 0 Å². The fourth-order valence-corrected chi connectivity index (χ4v) is 6.15. The van der Waals surface area contributed by atoms with E-state index < -0.39 is 0 Å². The van der Waals surface area contributed by atoms with E-state index in [9.17, 15) is 5.11 Å². The predicted octanol–water partition coefficient (Wildman–Crippen LogP) is 13.4. The van der Waals surface area contributed by atoms with Crippen molar-refractivity contribution in [2.24, 2.45) is 0 Å². The molecule has 0 aliphatic rings. The van der Waals surface area contributed by atoms with E-state index >= 15 is 0 Å². The first-order valence-electron chi connectivity index (χ1n) is 17.6. The van der Waals surface area contributed by atoms with Gasteiger partial charge < -0.3 is 5.11 Å². The largest absolute Gasteiger partial charge is 0.507 e. The molecule has 0 saturated carbocycles. The second-order valence-corrected chi connectivity index (χ2v) is 12.6. The summed E-state index contributed by atoms with van der Waals surface area (Å²) in [6, 6.07) is 4.42. The molecule has 0 fully saturated rings. The summed E-state index contributed by atoms with van der Waals surface area (Å²) < 4.78 is 0. The maximum atomic E-state index is 10.7. The van der Waals surface area contributed by atoms with Gasteiger partial charge in [0.25, 0.3) is 0 Å². The highest BCUT2D eigenvalue weighted by molar-refractivity contribution is 6.17. The maximum absolute atomic E-state index is 10.7. The third kappa shape index (κ3) is 20.8. The van der Waals surface area contributed by atoms with Crippen LogP contribution in [0, 0.1) is 0 Å². The second-order valence-electron chi connectivity index (χ2n) is 12.4. The van der Waals surface area contributed by atoms with Crippen molar-refractivity contribution in [2.45, 2.75) is 200 Å². The number of hydrogen-bond donors (Lipinski definition) is 1. The fourth-order valence-electron chi connectivity index (χ4n) is 5.95. The summed E-state index contributed by atoms with van der Waals surface area (Å²) >= 11 is 6.19. The topological polar surface area (TPSA) is 20.2 Å². The van der Waals surface area contributed by atoms with Gasteiger partial charge >= 0.3 is 0 Å². The van der Waals surface area contributed by atoms with E-state index in [0.717, 1.165) is 24.0 Å². The van der Waals surface area contributed by atoms with E-state index in [1.165, 1.54) is 173 Å². The van der Waals surface area contributed by atoms with Crippen molar-refractivity contribution in [1.82, 2.24) is 0 Å². The van der Waals surface area contributed by atoms with Gasteiger partial charge in [-0.2, -0.15) is 0 Å². The van der Waals surface area contributed by atoms with Crippen molar-refractivity contribution in [2.75, 3.05) is 0 Å². The Kier molecular flexibility index (Phi) is 25.6. The Balaban J connectivity index is 2.11. The Bertz CT molecular complexity index is 655. The van der Waals surface area contributed by atoms with E-state index in [1.54, 1.807) is 0 Å². The molecule has 0 bridgehead atoms. The molecule has 1 nitrogen and oxygen atoms in total. The van der Waals surface area contributed by atoms with Gasteiger partial charge in [-0.25, -0.2) is 0 Å². The quantitative estimate of drug-likeness (QED) is 0.0759. The van der Waals surface area contributed by atoms with Gasteiger partial charge in [0.1, 0.15) is 5.75 Å². The average molecular weight is 563 g/mol. The van der Waals surface area contributed by atoms with Crippen LogP contribution in [-0.2, 0) is 18.7 Å². The molecule has 0 aliphatic heterocycles. The van der Waals surface area contributed by atoms with Crippen molar-refractivity contribution < 1.29 is 5.11 Å². The standard InChI is InChI=1S/C37H67ClO/c1-3-5-7-9-11-13-15-17-19-21-23-25-27-29-34-31-35(37(39)36(32-34)33-38)30-28-26-24-22-20-18-16-14-12-10-8-6-4-2/h31-32,39H,3-30,33H2,1-2H3. The van der Waals surface area contributed by atoms with Gasteiger partial charge in [0, 0.05) is 5.56 Å². The zero-order chi connectivity index (χ0) is 28.2. The number of aromatic hydroxyl groups is 1. The Morgan fingerprint density at radius 1 is 0.436 bits per heavy atom. The highest BCUT2D eigenvalue weighted by Gasteiger charge is 2.10. The van der Waals surface area contributed by atoms with Gasteiger partial charge in [0.2, 0.25) is 0 Å². The van der Waals surface area contributed by atoms with Crippen molar-refractivity contribution in [3.8, 4) is 5.75 Å². The third-order valence-electron chi connectivity index (χ3n) is 8.59. The van der Waals surface area contributed by atoms with Crippen LogP contribution in [-0.4, -0.2) is 5.11 Å². The molecule has 1 aromatic carbocycles. The van der Waals surface area contributed by atoms with Crippen LogP contribution in [0.5, 0.6) is 5.75 Å². The van der Waals surface area contributed by atoms with Gasteiger partial charge in [-0.3, -0.25) is 0 Å². The molecule has 0 unspecified atom stereocenters. The SMILES string of the molecule is CCCCCCCCCCCCCCCc1cc(CCl)c(O)c(CCCCCCCCCCCCCCC)c1. The monoisotopic (exact) mass is 562 g/mol. The number of aryl methyl sites for hydroxylation is 2. The molecule has 0 radical (unpaired) electrons. The van der Waals surface area contributed by atoms with Crippen LogP contribution in [0.4, 0.5) is 0 Å². The van der Waals surface area contributed by atoms with Crippen molar-refractivity contribution in [3.05, 3.63) is 28.8 Å². The van der Waals surface area contributed by atoms with Crippen LogP contribution in [0.15, 0.2) is 12.1 Å². The minimum atomic E-state index is 0.407. The highest BCUT2D eigenvalue weighted by atomic mass is 35.5. The number of unbranched alkanes of at least 4 members (excludes halogenated alkanes) is 24. The fraction of sp³-hybridized carbons (Fsp3) is 0.838. The lowest BCUT2D eigenvalue weighted by Gasteiger charge is -2.12. The molecule has 228 valence electrons. The van der Waals surface area contributed by atoms with Crippen LogP contribution < -0.4 is 0 Å². The van der Waals surface area contributed by atoms with Gasteiger partial charge in [-0.15, -0.1) is 11.6 Å². The van der Waals surface area contributed by atoms with Crippen molar-refractivity contribution in [3.63, 3.8) is 0 Å². The molecule has 0 amide bonds. The minimum absolute atomic E-state index is 0.407. The van der Waals surface area contributed by atoms with E-state index in [1.807, 2.05) is 0 Å². The van der Waals surface area contributed by atoms with Crippen LogP contribution in [0.2, 0.25) is 0 Å². The minimum Gasteiger partial charge on any atom is -0.507 e. The summed E-state index contributed by atoms with van der Waals surface area (Å²) in [4.78, 5) is 0. The molecule has 1 N–H and O–H groups in total. The van der Waals surface area contributed by atoms with Crippen LogP contribution in [0.3, 0.4) is 0 Å². The molecule has 2 heteroatoms. The summed E-state index contributed by atoms with van der Waals surface area (Å²) in [7, 11) is 0. The molecule has 1 aromatic rings. The first kappa shape index (κ1) is 36.3. The lowest BCUT2D eigenvalue weighted by Crippen LogP contribution is -1.96. The summed E-state index contributed by atoms with van der Waals surface area (Å²) in [5, 5.41) is 10.7. The molecular weight excluding hydrogens is 496 g/mol. The Morgan fingerprint density at radius 3 is 1.10 bits per heavy atom. The average Bonchev–Trinajstić information content (AvgIpc) is 2.95. The van der Waals surface area contributed by atoms with Gasteiger partial charge in [-0.05, 0) is 36.8 Å². The van der Waals surface area contributed by atoms with Crippen molar-refractivity contribution >= 4 is 11.6 Å². The highest BCUT2D eigenvalue weighted by Crippen LogP contribution is 2.29. The number of phenols is 1. The van der Waals surface area contributed by atoms with Crippen LogP contribution in [0.1, 0.15) is 197 Å². The number of alkyl halides is 1. The van der Waals surface area contributed by atoms with E-state index in [4.69, 9.17) is 11.6 Å². The van der Waals surface area contributed by atoms with E-state index in [-0.39, 0.29) is 0 Å². The molecule has 0 spiro atoms. The molecule has 0 heterocycles. The molecule has 0 atom stereocenters. The summed E-state index contributed by atoms with van der Waals surface area (Å²) in [5.74, 6) is 0.863. The molecule has 0 saturated heterocycles. The first-order chi connectivity index (χ1) is 19.2. The molecule has 39 heavy (non-hydrogen) atoms. The smallest absolute Gasteiger partial charge is 0.123 e. The lowest BCUT2D eigenvalue weighted by molar-refractivity contribution is 0.460. The molecular formula is C37H67ClO. The number of rotatable bonds is 29. The summed E-state index contributed by atoms with van der Waals surface area (Å²) in [6.45, 7) is 4.58. The third-order valence-corrected chi connectivity index (χ3v) is 8.88. The maximum Gasteiger partial charge on any atom is 0.123 e. The van der Waals surface area contributed by atoms with Gasteiger partial charge in [0.05, 0.1) is 5.88 Å². The predicted molar refractivity (Wildman–Crippen MR) is 176 cm³/mol. The summed E-state index contributed by atoms with van der Waals surface area (Å²) in [6.07, 6.45) is 38.1. The first-order valence-corrected chi connectivity index (χ1v) is 18.2. The van der Waals surface area contributed by atoms with Crippen LogP contribution >= 0.6 is 11.6 Å². The zero-order valence-electron chi connectivity index (χ0n) is 26.5. The Morgan fingerprint density at radius 2 is 0.744 bits per heavy atom. The Hall–Kier alpha value is -0.690. The zero-order valence-corrected chi connectivity index (χ0v) is 27.2. The van der Waals surface area contributed by atoms with E-state index in [0.29, 0.717) is 11.6 Å². The number of hydrogen-bond acceptors (Lipinski definition) is 1. The number of benzene rings is 1. The summed E-state index contributed by atoms with van der Waals surface area (Å²) in [5.41, 5.74) is 3.42. The van der Waals surface area contributed by atoms with E-state index in [2.05, 4.69) is 26.0 Å². The molecule has 0 aliphatic carbocycles. The normalized spacial score (nSPS) is 11.5. The number of phenolic OH excluding ortho intramolecular Hbond substituents is 1. The number of halogens is 1. The lowest BCUT2D eigenvalue weighted by atomic mass is 9.96. The second kappa shape index (κ2) is 27.5. The molecule has 0 aromatic heterocycles. The van der Waals surface area contributed by atoms with Crippen molar-refractivity contribution in [1.29, 1.82) is 0 Å². The van der Waals surface area contributed by atoms with Gasteiger partial charge in [-0.1, -0.05) is 180 Å².